The molecule has 0 aliphatic heterocycles. The topological polar surface area (TPSA) is 67.4 Å². The molecule has 0 heterocycles. The average molecular weight is 459 g/mol. The van der Waals surface area contributed by atoms with Crippen molar-refractivity contribution in [2.24, 2.45) is 0 Å². The number of benzene rings is 2. The summed E-state index contributed by atoms with van der Waals surface area (Å²) in [5.41, 5.74) is 0.988. The lowest BCUT2D eigenvalue weighted by molar-refractivity contribution is -0.118. The average Bonchev–Trinajstić information content (AvgIpc) is 2.57. The van der Waals surface area contributed by atoms with E-state index in [4.69, 9.17) is 16.3 Å². The van der Waals surface area contributed by atoms with Crippen molar-refractivity contribution in [2.45, 2.75) is 13.3 Å². The molecule has 2 aromatic rings. The summed E-state index contributed by atoms with van der Waals surface area (Å²) in [7, 11) is 0. The molecule has 0 saturated heterocycles. The van der Waals surface area contributed by atoms with Gasteiger partial charge in [-0.1, -0.05) is 18.5 Å². The smallest absolute Gasteiger partial charge is 0.262 e. The van der Waals surface area contributed by atoms with Crippen molar-refractivity contribution in [2.75, 3.05) is 17.2 Å². The maximum atomic E-state index is 12.0. The molecule has 0 saturated carbocycles. The standard InChI is InChI=1S/C17H16ClIN2O3/c1-2-16(22)20-12-5-8-14(18)15(9-12)21-17(23)10-24-13-6-3-11(19)4-7-13/h3-9H,2,10H2,1H3,(H,20,22)(H,21,23). The number of ether oxygens (including phenoxy) is 1. The van der Waals surface area contributed by atoms with Crippen LogP contribution in [0.25, 0.3) is 0 Å². The zero-order valence-electron chi connectivity index (χ0n) is 12.9. The molecular weight excluding hydrogens is 443 g/mol. The van der Waals surface area contributed by atoms with Gasteiger partial charge in [0.25, 0.3) is 5.91 Å². The van der Waals surface area contributed by atoms with Crippen LogP contribution in [0.2, 0.25) is 5.02 Å². The van der Waals surface area contributed by atoms with Crippen molar-refractivity contribution in [1.82, 2.24) is 0 Å². The third-order valence-electron chi connectivity index (χ3n) is 3.03. The zero-order valence-corrected chi connectivity index (χ0v) is 15.8. The molecule has 0 aliphatic carbocycles. The lowest BCUT2D eigenvalue weighted by atomic mass is 10.2. The van der Waals surface area contributed by atoms with E-state index in [0.29, 0.717) is 28.6 Å². The van der Waals surface area contributed by atoms with E-state index in [-0.39, 0.29) is 18.4 Å². The Hall–Kier alpha value is -1.80. The summed E-state index contributed by atoms with van der Waals surface area (Å²) in [6.45, 7) is 1.62. The Labute approximate surface area is 158 Å². The van der Waals surface area contributed by atoms with E-state index in [9.17, 15) is 9.59 Å². The number of amides is 2. The van der Waals surface area contributed by atoms with Crippen LogP contribution in [0.3, 0.4) is 0 Å². The molecule has 0 fully saturated rings. The van der Waals surface area contributed by atoms with Gasteiger partial charge in [-0.15, -0.1) is 0 Å². The predicted octanol–water partition coefficient (Wildman–Crippen LogP) is 4.31. The van der Waals surface area contributed by atoms with Gasteiger partial charge in [0.2, 0.25) is 5.91 Å². The highest BCUT2D eigenvalue weighted by Gasteiger charge is 2.09. The Bertz CT molecular complexity index is 735. The second kappa shape index (κ2) is 8.89. The minimum atomic E-state index is -0.339. The molecule has 0 aromatic heterocycles. The number of carbonyl (C=O) groups is 2. The second-order valence-corrected chi connectivity index (χ2v) is 6.54. The fraction of sp³-hybridized carbons (Fsp3) is 0.176. The zero-order chi connectivity index (χ0) is 17.5. The Balaban J connectivity index is 1.96. The predicted molar refractivity (Wildman–Crippen MR) is 104 cm³/mol. The van der Waals surface area contributed by atoms with Crippen molar-refractivity contribution >= 4 is 57.4 Å². The molecule has 0 spiro atoms. The Morgan fingerprint density at radius 3 is 2.46 bits per heavy atom. The molecule has 2 rings (SSSR count). The molecule has 24 heavy (non-hydrogen) atoms. The van der Waals surface area contributed by atoms with Gasteiger partial charge in [-0.3, -0.25) is 9.59 Å². The van der Waals surface area contributed by atoms with E-state index >= 15 is 0 Å². The van der Waals surface area contributed by atoms with Gasteiger partial charge in [0, 0.05) is 15.7 Å². The molecule has 2 amide bonds. The third-order valence-corrected chi connectivity index (χ3v) is 4.08. The van der Waals surface area contributed by atoms with Gasteiger partial charge >= 0.3 is 0 Å². The summed E-state index contributed by atoms with van der Waals surface area (Å²) < 4.78 is 6.50. The van der Waals surface area contributed by atoms with Crippen molar-refractivity contribution in [3.05, 3.63) is 51.1 Å². The van der Waals surface area contributed by atoms with Crippen molar-refractivity contribution in [3.63, 3.8) is 0 Å². The van der Waals surface area contributed by atoms with E-state index in [1.54, 1.807) is 37.3 Å². The summed E-state index contributed by atoms with van der Waals surface area (Å²) in [4.78, 5) is 23.4. The van der Waals surface area contributed by atoms with Crippen LogP contribution in [-0.2, 0) is 9.59 Å². The Morgan fingerprint density at radius 1 is 1.08 bits per heavy atom. The summed E-state index contributed by atoms with van der Waals surface area (Å²) in [5.74, 6) is 0.159. The Morgan fingerprint density at radius 2 is 1.79 bits per heavy atom. The van der Waals surface area contributed by atoms with Crippen LogP contribution in [0.1, 0.15) is 13.3 Å². The largest absolute Gasteiger partial charge is 0.484 e. The molecule has 0 unspecified atom stereocenters. The monoisotopic (exact) mass is 458 g/mol. The summed E-state index contributed by atoms with van der Waals surface area (Å²) in [5, 5.41) is 5.77. The Kier molecular flexibility index (Phi) is 6.86. The maximum absolute atomic E-state index is 12.0. The number of rotatable bonds is 6. The van der Waals surface area contributed by atoms with Crippen LogP contribution in [0, 0.1) is 3.57 Å². The van der Waals surface area contributed by atoms with E-state index in [1.807, 2.05) is 12.1 Å². The molecule has 5 nitrogen and oxygen atoms in total. The lowest BCUT2D eigenvalue weighted by Crippen LogP contribution is -2.20. The quantitative estimate of drug-likeness (QED) is 0.634. The number of hydrogen-bond donors (Lipinski definition) is 2. The van der Waals surface area contributed by atoms with E-state index in [0.717, 1.165) is 3.57 Å². The minimum Gasteiger partial charge on any atom is -0.484 e. The third kappa shape index (κ3) is 5.68. The van der Waals surface area contributed by atoms with E-state index in [2.05, 4.69) is 33.2 Å². The number of anilines is 2. The van der Waals surface area contributed by atoms with E-state index < -0.39 is 0 Å². The molecule has 0 bridgehead atoms. The fourth-order valence-electron chi connectivity index (χ4n) is 1.81. The molecule has 0 aliphatic rings. The maximum Gasteiger partial charge on any atom is 0.262 e. The van der Waals surface area contributed by atoms with Crippen LogP contribution < -0.4 is 15.4 Å². The first-order valence-electron chi connectivity index (χ1n) is 7.25. The molecule has 2 aromatic carbocycles. The summed E-state index contributed by atoms with van der Waals surface area (Å²) >= 11 is 8.27. The molecule has 2 N–H and O–H groups in total. The molecule has 7 heteroatoms. The molecule has 0 radical (unpaired) electrons. The number of halogens is 2. The van der Waals surface area contributed by atoms with Gasteiger partial charge in [0.05, 0.1) is 10.7 Å². The summed E-state index contributed by atoms with van der Waals surface area (Å²) in [6.07, 6.45) is 0.369. The summed E-state index contributed by atoms with van der Waals surface area (Å²) in [6, 6.07) is 12.3. The normalized spacial score (nSPS) is 10.1. The lowest BCUT2D eigenvalue weighted by Gasteiger charge is -2.11. The molecular formula is C17H16ClIN2O3. The number of hydrogen-bond acceptors (Lipinski definition) is 3. The molecule has 126 valence electrons. The molecule has 0 atom stereocenters. The first kappa shape index (κ1) is 18.5. The van der Waals surface area contributed by atoms with Gasteiger partial charge in [-0.25, -0.2) is 0 Å². The van der Waals surface area contributed by atoms with Crippen molar-refractivity contribution < 1.29 is 14.3 Å². The van der Waals surface area contributed by atoms with Gasteiger partial charge < -0.3 is 15.4 Å². The van der Waals surface area contributed by atoms with Gasteiger partial charge in [-0.05, 0) is 65.1 Å². The van der Waals surface area contributed by atoms with Gasteiger partial charge in [0.1, 0.15) is 5.75 Å². The first-order chi connectivity index (χ1) is 11.5. The highest BCUT2D eigenvalue weighted by Crippen LogP contribution is 2.25. The second-order valence-electron chi connectivity index (χ2n) is 4.89. The highest BCUT2D eigenvalue weighted by molar-refractivity contribution is 14.1. The van der Waals surface area contributed by atoms with Crippen molar-refractivity contribution in [3.8, 4) is 5.75 Å². The van der Waals surface area contributed by atoms with Crippen LogP contribution in [-0.4, -0.2) is 18.4 Å². The highest BCUT2D eigenvalue weighted by atomic mass is 127. The van der Waals surface area contributed by atoms with Gasteiger partial charge in [0.15, 0.2) is 6.61 Å². The number of carbonyl (C=O) groups excluding carboxylic acids is 2. The van der Waals surface area contributed by atoms with Crippen LogP contribution >= 0.6 is 34.2 Å². The minimum absolute atomic E-state index is 0.114. The first-order valence-corrected chi connectivity index (χ1v) is 8.71. The van der Waals surface area contributed by atoms with E-state index in [1.165, 1.54) is 0 Å². The number of nitrogens with one attached hydrogen (secondary N) is 2. The van der Waals surface area contributed by atoms with Crippen LogP contribution in [0.4, 0.5) is 11.4 Å². The fourth-order valence-corrected chi connectivity index (χ4v) is 2.34. The van der Waals surface area contributed by atoms with Crippen molar-refractivity contribution in [1.29, 1.82) is 0 Å². The SMILES string of the molecule is CCC(=O)Nc1ccc(Cl)c(NC(=O)COc2ccc(I)cc2)c1. The van der Waals surface area contributed by atoms with Gasteiger partial charge in [-0.2, -0.15) is 0 Å². The van der Waals surface area contributed by atoms with Crippen LogP contribution in [0.15, 0.2) is 42.5 Å². The van der Waals surface area contributed by atoms with Crippen LogP contribution in [0.5, 0.6) is 5.75 Å².